The molecule has 20 heavy (non-hydrogen) atoms. The summed E-state index contributed by atoms with van der Waals surface area (Å²) in [6.45, 7) is 8.43. The third-order valence-electron chi connectivity index (χ3n) is 2.46. The average molecular weight is 277 g/mol. The Balaban J connectivity index is 2.12. The number of hydrogen-bond donors (Lipinski definition) is 0. The third-order valence-corrected chi connectivity index (χ3v) is 3.26. The molecule has 0 saturated heterocycles. The number of thioether (sulfide) groups is 1. The fraction of sp³-hybridized carbons (Fsp3) is 0.0588. The zero-order valence-corrected chi connectivity index (χ0v) is 11.7. The Morgan fingerprint density at radius 2 is 1.50 bits per heavy atom. The summed E-state index contributed by atoms with van der Waals surface area (Å²) >= 11 is 1.21. The summed E-state index contributed by atoms with van der Waals surface area (Å²) in [5.41, 5.74) is 2.38. The zero-order chi connectivity index (χ0) is 14.4. The average Bonchev–Trinajstić information content (AvgIpc) is 2.46. The van der Waals surface area contributed by atoms with Crippen LogP contribution in [0.1, 0.15) is 18.1 Å². The van der Waals surface area contributed by atoms with Crippen molar-refractivity contribution in [2.24, 2.45) is 0 Å². The van der Waals surface area contributed by atoms with E-state index in [-0.39, 0.29) is 5.12 Å². The number of nitrogens with zero attached hydrogens (tertiary/aromatic N) is 1. The zero-order valence-electron chi connectivity index (χ0n) is 10.9. The summed E-state index contributed by atoms with van der Waals surface area (Å²) in [6, 6.07) is 14.7. The molecule has 0 aliphatic heterocycles. The molecule has 0 aliphatic rings. The second kappa shape index (κ2) is 6.61. The molecule has 0 aliphatic carbocycles. The largest absolute Gasteiger partial charge is 0.287 e. The van der Waals surface area contributed by atoms with Crippen LogP contribution in [0, 0.1) is 18.4 Å². The van der Waals surface area contributed by atoms with Crippen LogP contribution in [0.5, 0.6) is 0 Å². The minimum atomic E-state index is 0.0729. The number of carbonyl (C=O) groups excluding carboxylic acids is 1. The summed E-state index contributed by atoms with van der Waals surface area (Å²) in [5.74, 6) is 6.10. The Morgan fingerprint density at radius 1 is 1.00 bits per heavy atom. The fourth-order valence-electron chi connectivity index (χ4n) is 1.54. The van der Waals surface area contributed by atoms with E-state index < -0.39 is 0 Å². The maximum Gasteiger partial charge on any atom is 0.190 e. The van der Waals surface area contributed by atoms with Gasteiger partial charge >= 0.3 is 0 Å². The van der Waals surface area contributed by atoms with Crippen LogP contribution >= 0.6 is 11.8 Å². The SMILES string of the molecule is [C-]#[N+]c1ccc(C#Cc2ccc(SC(C)=O)cc2)cc1. The van der Waals surface area contributed by atoms with Crippen molar-refractivity contribution >= 4 is 22.6 Å². The van der Waals surface area contributed by atoms with Crippen LogP contribution in [0.25, 0.3) is 4.85 Å². The number of rotatable bonds is 1. The van der Waals surface area contributed by atoms with E-state index in [1.807, 2.05) is 36.4 Å². The van der Waals surface area contributed by atoms with Crippen LogP contribution in [-0.2, 0) is 4.79 Å². The summed E-state index contributed by atoms with van der Waals surface area (Å²) in [6.07, 6.45) is 0. The quantitative estimate of drug-likeness (QED) is 0.441. The maximum absolute atomic E-state index is 11.0. The van der Waals surface area contributed by atoms with Crippen molar-refractivity contribution in [2.75, 3.05) is 0 Å². The Kier molecular flexibility index (Phi) is 4.60. The Hall–Kier alpha value is -2.49. The van der Waals surface area contributed by atoms with Crippen LogP contribution in [0.4, 0.5) is 5.69 Å². The molecule has 0 aromatic heterocycles. The minimum Gasteiger partial charge on any atom is -0.287 e. The monoisotopic (exact) mass is 277 g/mol. The fourth-order valence-corrected chi connectivity index (χ4v) is 2.14. The predicted octanol–water partition coefficient (Wildman–Crippen LogP) is 4.28. The van der Waals surface area contributed by atoms with Crippen molar-refractivity contribution in [3.63, 3.8) is 0 Å². The molecule has 0 atom stereocenters. The first-order chi connectivity index (χ1) is 9.67. The second-order valence-electron chi connectivity index (χ2n) is 4.03. The minimum absolute atomic E-state index is 0.0729. The molecule has 0 radical (unpaired) electrons. The molecular formula is C17H11NOS. The highest BCUT2D eigenvalue weighted by Crippen LogP contribution is 2.18. The summed E-state index contributed by atoms with van der Waals surface area (Å²) in [4.78, 5) is 15.2. The molecule has 0 unspecified atom stereocenters. The Bertz CT molecular complexity index is 713. The number of hydrogen-bond acceptors (Lipinski definition) is 2. The number of carbonyl (C=O) groups is 1. The van der Waals surface area contributed by atoms with Crippen molar-refractivity contribution in [1.82, 2.24) is 0 Å². The molecule has 0 saturated carbocycles. The predicted molar refractivity (Wildman–Crippen MR) is 81.7 cm³/mol. The van der Waals surface area contributed by atoms with Gasteiger partial charge in [-0.2, -0.15) is 0 Å². The molecule has 0 amide bonds. The molecule has 2 nitrogen and oxygen atoms in total. The Labute approximate surface area is 122 Å². The first kappa shape index (κ1) is 13.9. The highest BCUT2D eigenvalue weighted by atomic mass is 32.2. The van der Waals surface area contributed by atoms with Gasteiger partial charge in [0.05, 0.1) is 6.57 Å². The lowest BCUT2D eigenvalue weighted by atomic mass is 10.2. The van der Waals surface area contributed by atoms with Gasteiger partial charge in [-0.3, -0.25) is 4.79 Å². The van der Waals surface area contributed by atoms with Crippen LogP contribution in [0.2, 0.25) is 0 Å². The first-order valence-corrected chi connectivity index (χ1v) is 6.77. The first-order valence-electron chi connectivity index (χ1n) is 5.95. The molecule has 3 heteroatoms. The van der Waals surface area contributed by atoms with Crippen LogP contribution in [0.3, 0.4) is 0 Å². The van der Waals surface area contributed by atoms with E-state index in [0.717, 1.165) is 16.0 Å². The van der Waals surface area contributed by atoms with E-state index in [2.05, 4.69) is 16.7 Å². The van der Waals surface area contributed by atoms with Gasteiger partial charge in [-0.1, -0.05) is 47.9 Å². The molecule has 2 rings (SSSR count). The smallest absolute Gasteiger partial charge is 0.190 e. The molecule has 0 spiro atoms. The van der Waals surface area contributed by atoms with E-state index in [4.69, 9.17) is 6.57 Å². The van der Waals surface area contributed by atoms with Gasteiger partial charge in [0, 0.05) is 22.9 Å². The third kappa shape index (κ3) is 4.02. The van der Waals surface area contributed by atoms with E-state index >= 15 is 0 Å². The molecule has 96 valence electrons. The van der Waals surface area contributed by atoms with Crippen LogP contribution in [0.15, 0.2) is 53.4 Å². The molecule has 0 fully saturated rings. The lowest BCUT2D eigenvalue weighted by Crippen LogP contribution is -1.81. The lowest BCUT2D eigenvalue weighted by molar-refractivity contribution is -0.109. The molecule has 2 aromatic rings. The van der Waals surface area contributed by atoms with Gasteiger partial charge in [0.2, 0.25) is 0 Å². The van der Waals surface area contributed by atoms with Crippen molar-refractivity contribution in [2.45, 2.75) is 11.8 Å². The van der Waals surface area contributed by atoms with Crippen molar-refractivity contribution in [3.8, 4) is 11.8 Å². The van der Waals surface area contributed by atoms with E-state index in [9.17, 15) is 4.79 Å². The van der Waals surface area contributed by atoms with Crippen LogP contribution < -0.4 is 0 Å². The van der Waals surface area contributed by atoms with Gasteiger partial charge in [0.15, 0.2) is 10.8 Å². The molecule has 0 bridgehead atoms. The van der Waals surface area contributed by atoms with Crippen molar-refractivity contribution in [3.05, 3.63) is 71.1 Å². The summed E-state index contributed by atoms with van der Waals surface area (Å²) < 4.78 is 0. The topological polar surface area (TPSA) is 21.4 Å². The standard InChI is InChI=1S/C17H11NOS/c1-13(19)20-17-11-7-15(8-12-17)4-3-14-5-9-16(18-2)10-6-14/h5-12H,1H3. The molecular weight excluding hydrogens is 266 g/mol. The van der Waals surface area contributed by atoms with E-state index in [1.165, 1.54) is 11.8 Å². The van der Waals surface area contributed by atoms with Gasteiger partial charge in [-0.25, -0.2) is 4.85 Å². The van der Waals surface area contributed by atoms with Crippen LogP contribution in [-0.4, -0.2) is 5.12 Å². The molecule has 0 heterocycles. The van der Waals surface area contributed by atoms with Gasteiger partial charge in [0.1, 0.15) is 0 Å². The maximum atomic E-state index is 11.0. The van der Waals surface area contributed by atoms with Gasteiger partial charge in [0.25, 0.3) is 0 Å². The van der Waals surface area contributed by atoms with E-state index in [0.29, 0.717) is 5.69 Å². The second-order valence-corrected chi connectivity index (χ2v) is 5.28. The highest BCUT2D eigenvalue weighted by molar-refractivity contribution is 8.13. The van der Waals surface area contributed by atoms with Gasteiger partial charge in [-0.05, 0) is 24.3 Å². The summed E-state index contributed by atoms with van der Waals surface area (Å²) in [7, 11) is 0. The van der Waals surface area contributed by atoms with Gasteiger partial charge < -0.3 is 0 Å². The normalized spacial score (nSPS) is 9.20. The van der Waals surface area contributed by atoms with Crippen molar-refractivity contribution < 1.29 is 4.79 Å². The van der Waals surface area contributed by atoms with Gasteiger partial charge in [-0.15, -0.1) is 0 Å². The Morgan fingerprint density at radius 3 is 1.95 bits per heavy atom. The highest BCUT2D eigenvalue weighted by Gasteiger charge is 1.97. The lowest BCUT2D eigenvalue weighted by Gasteiger charge is -1.96. The number of benzene rings is 2. The molecule has 0 N–H and O–H groups in total. The summed E-state index contributed by atoms with van der Waals surface area (Å²) in [5, 5.41) is 0.0729. The van der Waals surface area contributed by atoms with Crippen molar-refractivity contribution in [1.29, 1.82) is 0 Å². The molecule has 2 aromatic carbocycles. The van der Waals surface area contributed by atoms with E-state index in [1.54, 1.807) is 19.1 Å².